The van der Waals surface area contributed by atoms with Crippen molar-refractivity contribution in [3.8, 4) is 5.75 Å². The van der Waals surface area contributed by atoms with E-state index in [1.807, 2.05) is 0 Å². The van der Waals surface area contributed by atoms with E-state index in [4.69, 9.17) is 16.3 Å². The molecule has 1 aliphatic heterocycles. The Balaban J connectivity index is 1.84. The Labute approximate surface area is 106 Å². The third-order valence-electron chi connectivity index (χ3n) is 2.85. The first kappa shape index (κ1) is 12.4. The Bertz CT molecular complexity index is 389. The van der Waals surface area contributed by atoms with Gasteiger partial charge in [0, 0.05) is 11.1 Å². The zero-order valence-corrected chi connectivity index (χ0v) is 10.4. The van der Waals surface area contributed by atoms with Crippen molar-refractivity contribution in [1.82, 2.24) is 5.32 Å². The lowest BCUT2D eigenvalue weighted by Gasteiger charge is -2.22. The molecule has 0 aromatic heterocycles. The molecule has 3 nitrogen and oxygen atoms in total. The first-order chi connectivity index (χ1) is 8.24. The standard InChI is InChI=1S/C13H16ClNO2/c14-10-4-3-6-12(8-10)17-13(16)9-11-5-1-2-7-15-11/h3-4,6,8,11,15H,1-2,5,7,9H2. The van der Waals surface area contributed by atoms with Gasteiger partial charge in [0.25, 0.3) is 0 Å². The molecule has 0 saturated carbocycles. The van der Waals surface area contributed by atoms with Crippen molar-refractivity contribution < 1.29 is 9.53 Å². The van der Waals surface area contributed by atoms with E-state index < -0.39 is 0 Å². The highest BCUT2D eigenvalue weighted by Gasteiger charge is 2.17. The minimum atomic E-state index is -0.202. The fourth-order valence-electron chi connectivity index (χ4n) is 2.00. The predicted molar refractivity (Wildman–Crippen MR) is 67.3 cm³/mol. The summed E-state index contributed by atoms with van der Waals surface area (Å²) < 4.78 is 5.23. The van der Waals surface area contributed by atoms with Crippen LogP contribution in [-0.4, -0.2) is 18.6 Å². The number of esters is 1. The minimum absolute atomic E-state index is 0.202. The van der Waals surface area contributed by atoms with Gasteiger partial charge in [0.2, 0.25) is 0 Å². The van der Waals surface area contributed by atoms with Crippen LogP contribution in [0.15, 0.2) is 24.3 Å². The largest absolute Gasteiger partial charge is 0.426 e. The maximum atomic E-state index is 11.7. The highest BCUT2D eigenvalue weighted by atomic mass is 35.5. The molecule has 0 spiro atoms. The van der Waals surface area contributed by atoms with Crippen LogP contribution < -0.4 is 10.1 Å². The number of hydrogen-bond acceptors (Lipinski definition) is 3. The van der Waals surface area contributed by atoms with Crippen LogP contribution in [0.5, 0.6) is 5.75 Å². The number of carbonyl (C=O) groups is 1. The molecule has 17 heavy (non-hydrogen) atoms. The Morgan fingerprint density at radius 3 is 3.06 bits per heavy atom. The SMILES string of the molecule is O=C(CC1CCCCN1)Oc1cccc(Cl)c1. The first-order valence-corrected chi connectivity index (χ1v) is 6.31. The van der Waals surface area contributed by atoms with Crippen molar-refractivity contribution in [3.63, 3.8) is 0 Å². The van der Waals surface area contributed by atoms with Gasteiger partial charge in [-0.05, 0) is 37.6 Å². The Kier molecular flexibility index (Phi) is 4.40. The normalized spacial score (nSPS) is 19.9. The predicted octanol–water partition coefficient (Wildman–Crippen LogP) is 2.78. The van der Waals surface area contributed by atoms with E-state index in [1.165, 1.54) is 12.8 Å². The Morgan fingerprint density at radius 2 is 2.35 bits per heavy atom. The summed E-state index contributed by atoms with van der Waals surface area (Å²) in [7, 11) is 0. The van der Waals surface area contributed by atoms with E-state index in [0.29, 0.717) is 17.2 Å². The van der Waals surface area contributed by atoms with E-state index in [1.54, 1.807) is 24.3 Å². The molecule has 2 rings (SSSR count). The molecule has 1 saturated heterocycles. The summed E-state index contributed by atoms with van der Waals surface area (Å²) in [6, 6.07) is 7.16. The molecule has 1 aliphatic rings. The van der Waals surface area contributed by atoms with Gasteiger partial charge in [0.05, 0.1) is 6.42 Å². The summed E-state index contributed by atoms with van der Waals surface area (Å²) >= 11 is 5.82. The number of nitrogens with one attached hydrogen (secondary N) is 1. The van der Waals surface area contributed by atoms with Crippen LogP contribution in [0, 0.1) is 0 Å². The maximum Gasteiger partial charge on any atom is 0.312 e. The van der Waals surface area contributed by atoms with Gasteiger partial charge in [-0.1, -0.05) is 24.1 Å². The Morgan fingerprint density at radius 1 is 1.47 bits per heavy atom. The van der Waals surface area contributed by atoms with Crippen molar-refractivity contribution in [2.45, 2.75) is 31.7 Å². The van der Waals surface area contributed by atoms with Crippen LogP contribution >= 0.6 is 11.6 Å². The third kappa shape index (κ3) is 4.02. The van der Waals surface area contributed by atoms with Crippen molar-refractivity contribution >= 4 is 17.6 Å². The Hall–Kier alpha value is -1.06. The fraction of sp³-hybridized carbons (Fsp3) is 0.462. The lowest BCUT2D eigenvalue weighted by atomic mass is 10.0. The number of hydrogen-bond donors (Lipinski definition) is 1. The van der Waals surface area contributed by atoms with Crippen LogP contribution in [0.4, 0.5) is 0 Å². The first-order valence-electron chi connectivity index (χ1n) is 5.94. The number of halogens is 1. The minimum Gasteiger partial charge on any atom is -0.426 e. The second-order valence-electron chi connectivity index (χ2n) is 4.28. The number of carbonyl (C=O) groups excluding carboxylic acids is 1. The molecular formula is C13H16ClNO2. The van der Waals surface area contributed by atoms with Gasteiger partial charge in [0.1, 0.15) is 5.75 Å². The molecule has 1 heterocycles. The van der Waals surface area contributed by atoms with Crippen molar-refractivity contribution in [2.75, 3.05) is 6.54 Å². The molecule has 92 valence electrons. The van der Waals surface area contributed by atoms with Crippen molar-refractivity contribution in [2.24, 2.45) is 0 Å². The average Bonchev–Trinajstić information content (AvgIpc) is 2.30. The number of benzene rings is 1. The third-order valence-corrected chi connectivity index (χ3v) is 3.09. The topological polar surface area (TPSA) is 38.3 Å². The quantitative estimate of drug-likeness (QED) is 0.665. The highest BCUT2D eigenvalue weighted by Crippen LogP contribution is 2.18. The molecule has 0 aliphatic carbocycles. The van der Waals surface area contributed by atoms with E-state index in [-0.39, 0.29) is 12.0 Å². The molecule has 1 aromatic rings. The molecule has 1 fully saturated rings. The van der Waals surface area contributed by atoms with Gasteiger partial charge in [-0.2, -0.15) is 0 Å². The van der Waals surface area contributed by atoms with Crippen LogP contribution in [-0.2, 0) is 4.79 Å². The summed E-state index contributed by atoms with van der Waals surface area (Å²) in [5, 5.41) is 3.90. The average molecular weight is 254 g/mol. The zero-order valence-electron chi connectivity index (χ0n) is 9.62. The van der Waals surface area contributed by atoms with Crippen LogP contribution in [0.1, 0.15) is 25.7 Å². The van der Waals surface area contributed by atoms with E-state index in [0.717, 1.165) is 13.0 Å². The molecule has 0 amide bonds. The summed E-state index contributed by atoms with van der Waals surface area (Å²) in [4.78, 5) is 11.7. The molecule has 1 unspecified atom stereocenters. The van der Waals surface area contributed by atoms with Gasteiger partial charge >= 0.3 is 5.97 Å². The van der Waals surface area contributed by atoms with Crippen LogP contribution in [0.25, 0.3) is 0 Å². The van der Waals surface area contributed by atoms with E-state index in [2.05, 4.69) is 5.32 Å². The number of piperidine rings is 1. The summed E-state index contributed by atoms with van der Waals surface area (Å²) in [5.41, 5.74) is 0. The molecule has 0 radical (unpaired) electrons. The summed E-state index contributed by atoms with van der Waals surface area (Å²) in [6.45, 7) is 0.995. The van der Waals surface area contributed by atoms with E-state index in [9.17, 15) is 4.79 Å². The molecular weight excluding hydrogens is 238 g/mol. The monoisotopic (exact) mass is 253 g/mol. The number of rotatable bonds is 3. The molecule has 1 N–H and O–H groups in total. The zero-order chi connectivity index (χ0) is 12.1. The molecule has 0 bridgehead atoms. The van der Waals surface area contributed by atoms with E-state index >= 15 is 0 Å². The van der Waals surface area contributed by atoms with Crippen molar-refractivity contribution in [1.29, 1.82) is 0 Å². The summed E-state index contributed by atoms with van der Waals surface area (Å²) in [5.74, 6) is 0.310. The lowest BCUT2D eigenvalue weighted by molar-refractivity contribution is -0.135. The van der Waals surface area contributed by atoms with Gasteiger partial charge in [-0.25, -0.2) is 0 Å². The second kappa shape index (κ2) is 6.03. The van der Waals surface area contributed by atoms with Crippen LogP contribution in [0.2, 0.25) is 5.02 Å². The highest BCUT2D eigenvalue weighted by molar-refractivity contribution is 6.30. The van der Waals surface area contributed by atoms with Crippen LogP contribution in [0.3, 0.4) is 0 Å². The maximum absolute atomic E-state index is 11.7. The second-order valence-corrected chi connectivity index (χ2v) is 4.72. The smallest absolute Gasteiger partial charge is 0.312 e. The van der Waals surface area contributed by atoms with Gasteiger partial charge in [-0.3, -0.25) is 4.79 Å². The van der Waals surface area contributed by atoms with Crippen molar-refractivity contribution in [3.05, 3.63) is 29.3 Å². The summed E-state index contributed by atoms with van der Waals surface area (Å²) in [6.07, 6.45) is 3.85. The molecule has 1 aromatic carbocycles. The lowest BCUT2D eigenvalue weighted by Crippen LogP contribution is -2.36. The van der Waals surface area contributed by atoms with Gasteiger partial charge < -0.3 is 10.1 Å². The molecule has 4 heteroatoms. The van der Waals surface area contributed by atoms with Gasteiger partial charge in [0.15, 0.2) is 0 Å². The van der Waals surface area contributed by atoms with Gasteiger partial charge in [-0.15, -0.1) is 0 Å². The number of ether oxygens (including phenoxy) is 1. The molecule has 1 atom stereocenters. The fourth-order valence-corrected chi connectivity index (χ4v) is 2.18.